The number of aryl methyl sites for hydroxylation is 1. The molecule has 0 bridgehead atoms. The van der Waals surface area contributed by atoms with Crippen LogP contribution in [0, 0.1) is 0 Å². The van der Waals surface area contributed by atoms with Crippen LogP contribution in [-0.2, 0) is 13.0 Å². The predicted octanol–water partition coefficient (Wildman–Crippen LogP) is -0.0211. The van der Waals surface area contributed by atoms with Gasteiger partial charge in [-0.3, -0.25) is 0 Å². The minimum Gasteiger partial charge on any atom is -1.00 e. The van der Waals surface area contributed by atoms with Gasteiger partial charge < -0.3 is 17.0 Å². The highest BCUT2D eigenvalue weighted by Gasteiger charge is 2.01. The van der Waals surface area contributed by atoms with Gasteiger partial charge in [-0.2, -0.15) is 0 Å². The van der Waals surface area contributed by atoms with Gasteiger partial charge in [0.2, 0.25) is 0 Å². The van der Waals surface area contributed by atoms with E-state index >= 15 is 0 Å². The Balaban J connectivity index is 0.00000144. The molecule has 0 radical (unpaired) electrons. The molecular formula is C15H18BrN. The highest BCUT2D eigenvalue weighted by atomic mass is 79.9. The van der Waals surface area contributed by atoms with E-state index in [1.807, 2.05) is 0 Å². The standard InChI is InChI=1S/C15H18N.BrH/c1-2-6-14-9-11-16(12-10-14)13-15-7-4-3-5-8-15;/h3-5,7-12H,2,6,13H2,1H3;1H/q+1;/p-1. The highest BCUT2D eigenvalue weighted by Crippen LogP contribution is 2.01. The summed E-state index contributed by atoms with van der Waals surface area (Å²) in [5, 5.41) is 0. The lowest BCUT2D eigenvalue weighted by Gasteiger charge is -1.99. The minimum absolute atomic E-state index is 0. The quantitative estimate of drug-likeness (QED) is 0.697. The first-order chi connectivity index (χ1) is 7.88. The van der Waals surface area contributed by atoms with Gasteiger partial charge in [-0.05, 0) is 12.0 Å². The van der Waals surface area contributed by atoms with Crippen LogP contribution in [-0.4, -0.2) is 0 Å². The Morgan fingerprint density at radius 3 is 2.12 bits per heavy atom. The molecule has 0 aliphatic rings. The monoisotopic (exact) mass is 291 g/mol. The number of hydrogen-bond acceptors (Lipinski definition) is 0. The normalized spacial score (nSPS) is 9.71. The van der Waals surface area contributed by atoms with Gasteiger partial charge in [0.15, 0.2) is 18.9 Å². The number of hydrogen-bond donors (Lipinski definition) is 0. The molecule has 2 aromatic rings. The third kappa shape index (κ3) is 4.31. The molecule has 2 rings (SSSR count). The molecule has 2 heteroatoms. The van der Waals surface area contributed by atoms with E-state index in [-0.39, 0.29) is 17.0 Å². The Bertz CT molecular complexity index is 422. The fourth-order valence-corrected chi connectivity index (χ4v) is 1.84. The summed E-state index contributed by atoms with van der Waals surface area (Å²) in [4.78, 5) is 0. The molecule has 17 heavy (non-hydrogen) atoms. The third-order valence-electron chi connectivity index (χ3n) is 2.71. The topological polar surface area (TPSA) is 3.88 Å². The molecule has 1 aromatic heterocycles. The van der Waals surface area contributed by atoms with Crippen LogP contribution in [0.4, 0.5) is 0 Å². The van der Waals surface area contributed by atoms with Crippen molar-refractivity contribution in [2.24, 2.45) is 0 Å². The molecule has 0 saturated carbocycles. The molecule has 1 heterocycles. The van der Waals surface area contributed by atoms with E-state index in [4.69, 9.17) is 0 Å². The van der Waals surface area contributed by atoms with Crippen LogP contribution in [0.1, 0.15) is 24.5 Å². The van der Waals surface area contributed by atoms with Gasteiger partial charge in [0.05, 0.1) is 0 Å². The van der Waals surface area contributed by atoms with Crippen LogP contribution in [0.2, 0.25) is 0 Å². The summed E-state index contributed by atoms with van der Waals surface area (Å²) in [6.07, 6.45) is 6.71. The number of rotatable bonds is 4. The van der Waals surface area contributed by atoms with E-state index < -0.39 is 0 Å². The van der Waals surface area contributed by atoms with Gasteiger partial charge in [-0.15, -0.1) is 0 Å². The summed E-state index contributed by atoms with van der Waals surface area (Å²) in [7, 11) is 0. The second kappa shape index (κ2) is 7.23. The van der Waals surface area contributed by atoms with Crippen molar-refractivity contribution in [3.63, 3.8) is 0 Å². The van der Waals surface area contributed by atoms with Crippen LogP contribution in [0.3, 0.4) is 0 Å². The summed E-state index contributed by atoms with van der Waals surface area (Å²) in [5.74, 6) is 0. The Labute approximate surface area is 114 Å². The summed E-state index contributed by atoms with van der Waals surface area (Å²) in [5.41, 5.74) is 2.77. The molecule has 0 aliphatic heterocycles. The molecule has 0 atom stereocenters. The van der Waals surface area contributed by atoms with Crippen molar-refractivity contribution in [1.29, 1.82) is 0 Å². The van der Waals surface area contributed by atoms with Crippen molar-refractivity contribution >= 4 is 0 Å². The molecular weight excluding hydrogens is 274 g/mol. The summed E-state index contributed by atoms with van der Waals surface area (Å²) < 4.78 is 2.22. The minimum atomic E-state index is 0. The van der Waals surface area contributed by atoms with Crippen molar-refractivity contribution in [1.82, 2.24) is 0 Å². The second-order valence-electron chi connectivity index (χ2n) is 4.11. The maximum absolute atomic E-state index is 2.22. The smallest absolute Gasteiger partial charge is 0.173 e. The first-order valence-corrected chi connectivity index (χ1v) is 5.90. The van der Waals surface area contributed by atoms with Crippen LogP contribution in [0.25, 0.3) is 0 Å². The molecule has 90 valence electrons. The number of benzene rings is 1. The van der Waals surface area contributed by atoms with E-state index in [9.17, 15) is 0 Å². The lowest BCUT2D eigenvalue weighted by Crippen LogP contribution is -3.00. The zero-order chi connectivity index (χ0) is 11.2. The third-order valence-corrected chi connectivity index (χ3v) is 2.71. The summed E-state index contributed by atoms with van der Waals surface area (Å²) >= 11 is 0. The van der Waals surface area contributed by atoms with E-state index in [1.54, 1.807) is 0 Å². The van der Waals surface area contributed by atoms with Crippen molar-refractivity contribution in [3.05, 3.63) is 66.0 Å². The molecule has 0 unspecified atom stereocenters. The van der Waals surface area contributed by atoms with Gasteiger partial charge >= 0.3 is 0 Å². The average Bonchev–Trinajstić information content (AvgIpc) is 2.33. The fraction of sp³-hybridized carbons (Fsp3) is 0.267. The molecule has 0 amide bonds. The van der Waals surface area contributed by atoms with E-state index in [0.29, 0.717) is 0 Å². The number of aromatic nitrogens is 1. The molecule has 1 aromatic carbocycles. The summed E-state index contributed by atoms with van der Waals surface area (Å²) in [6, 6.07) is 15.0. The maximum atomic E-state index is 2.22. The Morgan fingerprint density at radius 1 is 0.882 bits per heavy atom. The first kappa shape index (κ1) is 13.9. The van der Waals surface area contributed by atoms with E-state index in [1.165, 1.54) is 24.0 Å². The molecule has 0 aliphatic carbocycles. The number of halogens is 1. The van der Waals surface area contributed by atoms with Crippen LogP contribution in [0.15, 0.2) is 54.9 Å². The fourth-order valence-electron chi connectivity index (χ4n) is 1.84. The zero-order valence-corrected chi connectivity index (χ0v) is 11.7. The number of nitrogens with zero attached hydrogens (tertiary/aromatic N) is 1. The van der Waals surface area contributed by atoms with Gasteiger partial charge in [-0.25, -0.2) is 4.57 Å². The van der Waals surface area contributed by atoms with Crippen LogP contribution >= 0.6 is 0 Å². The van der Waals surface area contributed by atoms with Crippen molar-refractivity contribution in [2.75, 3.05) is 0 Å². The van der Waals surface area contributed by atoms with E-state index in [0.717, 1.165) is 6.54 Å². The lowest BCUT2D eigenvalue weighted by atomic mass is 10.1. The molecule has 0 fully saturated rings. The molecule has 0 spiro atoms. The molecule has 0 saturated heterocycles. The maximum Gasteiger partial charge on any atom is 0.173 e. The molecule has 0 N–H and O–H groups in total. The molecule has 1 nitrogen and oxygen atoms in total. The average molecular weight is 292 g/mol. The highest BCUT2D eigenvalue weighted by molar-refractivity contribution is 5.13. The van der Waals surface area contributed by atoms with Gasteiger partial charge in [-0.1, -0.05) is 43.7 Å². The largest absolute Gasteiger partial charge is 1.00 e. The van der Waals surface area contributed by atoms with Crippen molar-refractivity contribution < 1.29 is 21.5 Å². The predicted molar refractivity (Wildman–Crippen MR) is 66.2 cm³/mol. The summed E-state index contributed by atoms with van der Waals surface area (Å²) in [6.45, 7) is 3.16. The number of pyridine rings is 1. The second-order valence-corrected chi connectivity index (χ2v) is 4.11. The van der Waals surface area contributed by atoms with Crippen LogP contribution < -0.4 is 21.5 Å². The Morgan fingerprint density at radius 2 is 1.53 bits per heavy atom. The van der Waals surface area contributed by atoms with Gasteiger partial charge in [0.1, 0.15) is 0 Å². The van der Waals surface area contributed by atoms with Gasteiger partial charge in [0, 0.05) is 17.7 Å². The first-order valence-electron chi connectivity index (χ1n) is 5.90. The SMILES string of the molecule is CCCc1cc[n+](Cc2ccccc2)cc1.[Br-]. The van der Waals surface area contributed by atoms with Gasteiger partial charge in [0.25, 0.3) is 0 Å². The van der Waals surface area contributed by atoms with E-state index in [2.05, 4.69) is 66.3 Å². The van der Waals surface area contributed by atoms with Crippen molar-refractivity contribution in [3.8, 4) is 0 Å². The lowest BCUT2D eigenvalue weighted by molar-refractivity contribution is -0.688. The van der Waals surface area contributed by atoms with Crippen LogP contribution in [0.5, 0.6) is 0 Å². The zero-order valence-electron chi connectivity index (χ0n) is 10.1. The Hall–Kier alpha value is -1.15. The van der Waals surface area contributed by atoms with Crippen molar-refractivity contribution in [2.45, 2.75) is 26.3 Å². The Kier molecular flexibility index (Phi) is 5.92.